The van der Waals surface area contributed by atoms with Crippen LogP contribution in [0.5, 0.6) is 0 Å². The molecule has 6 aromatic rings. The highest BCUT2D eigenvalue weighted by Gasteiger charge is 2.22. The Morgan fingerprint density at radius 2 is 0.967 bits per heavy atom. The molecule has 0 aliphatic carbocycles. The minimum atomic E-state index is -0.0978. The van der Waals surface area contributed by atoms with Crippen LogP contribution in [0.4, 0.5) is 0 Å². The number of hydrogen-bond donors (Lipinski definition) is 2. The molecule has 0 atom stereocenters. The van der Waals surface area contributed by atoms with Crippen LogP contribution in [0, 0.1) is 27.7 Å². The first-order valence-corrected chi connectivity index (χ1v) is 21.9. The number of pyridine rings is 2. The predicted molar refractivity (Wildman–Crippen MR) is 247 cm³/mol. The van der Waals surface area contributed by atoms with Gasteiger partial charge in [-0.05, 0) is 164 Å². The Morgan fingerprint density at radius 3 is 1.35 bits per heavy atom. The van der Waals surface area contributed by atoms with E-state index in [0.717, 1.165) is 105 Å². The molecule has 0 spiro atoms. The molecule has 10 heteroatoms. The summed E-state index contributed by atoms with van der Waals surface area (Å²) in [6.07, 6.45) is 18.6. The molecular formula is C50H56Cl2N6O2. The van der Waals surface area contributed by atoms with Crippen LogP contribution in [0.25, 0.3) is 21.8 Å². The Hall–Kier alpha value is -5.18. The van der Waals surface area contributed by atoms with E-state index < -0.39 is 0 Å². The lowest BCUT2D eigenvalue weighted by atomic mass is 10.0. The maximum absolute atomic E-state index is 13.3. The highest BCUT2D eigenvalue weighted by Crippen LogP contribution is 2.34. The maximum Gasteiger partial charge on any atom is 0.252 e. The molecule has 2 aliphatic heterocycles. The van der Waals surface area contributed by atoms with Crippen molar-refractivity contribution in [3.05, 3.63) is 150 Å². The van der Waals surface area contributed by atoms with Gasteiger partial charge in [0.2, 0.25) is 0 Å². The summed E-state index contributed by atoms with van der Waals surface area (Å²) < 4.78 is 4.42. The quantitative estimate of drug-likeness (QED) is 0.170. The summed E-state index contributed by atoms with van der Waals surface area (Å²) in [5.41, 5.74) is 14.3. The number of halogens is 2. The lowest BCUT2D eigenvalue weighted by Crippen LogP contribution is -2.24. The standard InChI is InChI=1S/2C25H28ClN3O/c2*1-15(2)29-14-19-9-7-5-6-8-18-10-16(3)28-17(4)22(18)13-27-25(30)21-11-20(26)12-23(29)24(19)21/h2*5,7,10-12,14-15H,6,8-9,13H2,1-4H3,(H,27,30)/b7-5+;7-5-. The molecule has 0 unspecified atom stereocenters. The first-order valence-electron chi connectivity index (χ1n) is 21.1. The van der Waals surface area contributed by atoms with E-state index in [0.29, 0.717) is 34.3 Å². The second-order valence-corrected chi connectivity index (χ2v) is 17.6. The molecule has 0 fully saturated rings. The second kappa shape index (κ2) is 18.2. The minimum Gasteiger partial charge on any atom is -0.348 e. The molecule has 8 nitrogen and oxygen atoms in total. The number of aryl methyl sites for hydroxylation is 6. The van der Waals surface area contributed by atoms with Crippen LogP contribution < -0.4 is 10.6 Å². The average Bonchev–Trinajstić information content (AvgIpc) is 3.74. The average molecular weight is 844 g/mol. The van der Waals surface area contributed by atoms with E-state index in [-0.39, 0.29) is 23.9 Å². The number of aromatic nitrogens is 4. The van der Waals surface area contributed by atoms with Gasteiger partial charge in [-0.15, -0.1) is 0 Å². The Kier molecular flexibility index (Phi) is 13.0. The molecule has 0 saturated carbocycles. The molecule has 2 N–H and O–H groups in total. The summed E-state index contributed by atoms with van der Waals surface area (Å²) in [7, 11) is 0. The van der Waals surface area contributed by atoms with Gasteiger partial charge in [0, 0.05) is 81.2 Å². The van der Waals surface area contributed by atoms with Crippen LogP contribution in [0.15, 0.2) is 73.1 Å². The van der Waals surface area contributed by atoms with Crippen molar-refractivity contribution >= 4 is 56.8 Å². The summed E-state index contributed by atoms with van der Waals surface area (Å²) in [4.78, 5) is 35.8. The molecule has 0 saturated heterocycles. The van der Waals surface area contributed by atoms with E-state index in [1.54, 1.807) is 12.1 Å². The largest absolute Gasteiger partial charge is 0.348 e. The lowest BCUT2D eigenvalue weighted by molar-refractivity contribution is 0.0944. The fourth-order valence-electron chi connectivity index (χ4n) is 8.86. The normalized spacial score (nSPS) is 15.9. The van der Waals surface area contributed by atoms with E-state index in [1.165, 1.54) is 11.1 Å². The predicted octanol–water partition coefficient (Wildman–Crippen LogP) is 11.7. The molecule has 2 amide bonds. The monoisotopic (exact) mass is 842 g/mol. The molecule has 0 bridgehead atoms. The summed E-state index contributed by atoms with van der Waals surface area (Å²) in [5.74, 6) is -0.196. The zero-order chi connectivity index (χ0) is 42.8. The smallest absolute Gasteiger partial charge is 0.252 e. The summed E-state index contributed by atoms with van der Waals surface area (Å²) >= 11 is 12.9. The van der Waals surface area contributed by atoms with Crippen molar-refractivity contribution in [1.82, 2.24) is 29.7 Å². The molecule has 6 heterocycles. The number of carbonyl (C=O) groups excluding carboxylic acids is 2. The van der Waals surface area contributed by atoms with Crippen molar-refractivity contribution in [2.45, 2.75) is 119 Å². The third-order valence-corrected chi connectivity index (χ3v) is 12.1. The van der Waals surface area contributed by atoms with E-state index in [4.69, 9.17) is 23.2 Å². The van der Waals surface area contributed by atoms with Crippen LogP contribution >= 0.6 is 23.2 Å². The summed E-state index contributed by atoms with van der Waals surface area (Å²) in [6, 6.07) is 12.3. The maximum atomic E-state index is 13.3. The van der Waals surface area contributed by atoms with Gasteiger partial charge >= 0.3 is 0 Å². The van der Waals surface area contributed by atoms with Crippen molar-refractivity contribution in [1.29, 1.82) is 0 Å². The molecule has 2 aromatic carbocycles. The van der Waals surface area contributed by atoms with Crippen molar-refractivity contribution in [2.24, 2.45) is 0 Å². The first kappa shape index (κ1) is 42.9. The number of nitrogens with zero attached hydrogens (tertiary/aromatic N) is 4. The Morgan fingerprint density at radius 1 is 0.567 bits per heavy atom. The molecule has 8 rings (SSSR count). The van der Waals surface area contributed by atoms with Gasteiger partial charge in [0.1, 0.15) is 0 Å². The molecule has 2 aliphatic rings. The molecule has 60 heavy (non-hydrogen) atoms. The molecule has 0 radical (unpaired) electrons. The van der Waals surface area contributed by atoms with Gasteiger partial charge in [0.15, 0.2) is 0 Å². The van der Waals surface area contributed by atoms with Gasteiger partial charge in [0.05, 0.1) is 22.2 Å². The number of hydrogen-bond acceptors (Lipinski definition) is 4. The van der Waals surface area contributed by atoms with Gasteiger partial charge in [-0.25, -0.2) is 0 Å². The van der Waals surface area contributed by atoms with E-state index in [2.05, 4.69) is 106 Å². The number of benzene rings is 2. The van der Waals surface area contributed by atoms with Gasteiger partial charge in [-0.1, -0.05) is 47.5 Å². The molecule has 312 valence electrons. The van der Waals surface area contributed by atoms with E-state index in [9.17, 15) is 9.59 Å². The van der Waals surface area contributed by atoms with E-state index in [1.807, 2.05) is 39.8 Å². The van der Waals surface area contributed by atoms with Gasteiger partial charge in [-0.3, -0.25) is 19.6 Å². The number of amides is 2. The second-order valence-electron chi connectivity index (χ2n) is 16.8. The fourth-order valence-corrected chi connectivity index (χ4v) is 9.28. The SMILES string of the molecule is Cc1cc2c(c(C)n1)CNC(=O)c1cc(Cl)cc3c1c(cn3C(C)C)C/C=C/CC2.Cc1cc2c(c(C)n1)CNC(=O)c1cc(Cl)cc3c1c(cn3C(C)C)C/C=C\CC2. The summed E-state index contributed by atoms with van der Waals surface area (Å²) in [6.45, 7) is 17.6. The number of allylic oxidation sites excluding steroid dienone is 4. The van der Waals surface area contributed by atoms with Gasteiger partial charge in [0.25, 0.3) is 11.8 Å². The highest BCUT2D eigenvalue weighted by atomic mass is 35.5. The van der Waals surface area contributed by atoms with Gasteiger partial charge in [-0.2, -0.15) is 0 Å². The number of carbonyl (C=O) groups is 2. The Labute approximate surface area is 364 Å². The van der Waals surface area contributed by atoms with Crippen LogP contribution in [0.1, 0.15) is 129 Å². The molecule has 4 aromatic heterocycles. The van der Waals surface area contributed by atoms with Crippen molar-refractivity contribution < 1.29 is 9.59 Å². The Bertz CT molecular complexity index is 2500. The van der Waals surface area contributed by atoms with Crippen LogP contribution in [-0.2, 0) is 38.8 Å². The fraction of sp³-hybridized carbons (Fsp3) is 0.360. The zero-order valence-corrected chi connectivity index (χ0v) is 37.6. The number of nitrogens with one attached hydrogen (secondary N) is 2. The number of fused-ring (bicyclic) bond motifs is 2. The van der Waals surface area contributed by atoms with Crippen molar-refractivity contribution in [3.8, 4) is 0 Å². The van der Waals surface area contributed by atoms with Crippen molar-refractivity contribution in [2.75, 3.05) is 0 Å². The minimum absolute atomic E-state index is 0.0978. The van der Waals surface area contributed by atoms with Crippen LogP contribution in [-0.4, -0.2) is 30.9 Å². The zero-order valence-electron chi connectivity index (χ0n) is 36.1. The Balaban J connectivity index is 0.000000181. The highest BCUT2D eigenvalue weighted by molar-refractivity contribution is 6.32. The van der Waals surface area contributed by atoms with Crippen LogP contribution in [0.3, 0.4) is 0 Å². The van der Waals surface area contributed by atoms with Gasteiger partial charge < -0.3 is 19.8 Å². The van der Waals surface area contributed by atoms with E-state index >= 15 is 0 Å². The summed E-state index contributed by atoms with van der Waals surface area (Å²) in [5, 5.41) is 9.41. The third-order valence-electron chi connectivity index (χ3n) is 11.7. The number of rotatable bonds is 2. The topological polar surface area (TPSA) is 93.8 Å². The van der Waals surface area contributed by atoms with Crippen molar-refractivity contribution in [3.63, 3.8) is 0 Å². The molecular weight excluding hydrogens is 787 g/mol. The third kappa shape index (κ3) is 9.10. The van der Waals surface area contributed by atoms with Crippen LogP contribution in [0.2, 0.25) is 10.0 Å². The lowest BCUT2D eigenvalue weighted by Gasteiger charge is -2.15. The first-order chi connectivity index (χ1) is 28.7.